The monoisotopic (exact) mass is 182 g/mol. The minimum atomic E-state index is 0.461. The maximum atomic E-state index is 5.55. The summed E-state index contributed by atoms with van der Waals surface area (Å²) < 4.78 is 5.28. The summed E-state index contributed by atoms with van der Waals surface area (Å²) in [5, 5.41) is 10.8. The molecule has 72 valence electrons. The number of ether oxygens (including phenoxy) is 1. The van der Waals surface area contributed by atoms with Gasteiger partial charge in [0, 0.05) is 25.7 Å². The first-order valence-corrected chi connectivity index (χ1v) is 4.59. The predicted molar refractivity (Wildman–Crippen MR) is 47.1 cm³/mol. The van der Waals surface area contributed by atoms with Gasteiger partial charge in [-0.15, -0.1) is 0 Å². The van der Waals surface area contributed by atoms with Crippen LogP contribution in [0.3, 0.4) is 0 Å². The Balaban J connectivity index is 2.13. The average molecular weight is 182 g/mol. The third-order valence-electron chi connectivity index (χ3n) is 2.45. The van der Waals surface area contributed by atoms with Crippen molar-refractivity contribution in [2.45, 2.75) is 25.3 Å². The second-order valence-corrected chi connectivity index (χ2v) is 3.25. The van der Waals surface area contributed by atoms with Crippen LogP contribution >= 0.6 is 0 Å². The van der Waals surface area contributed by atoms with Crippen molar-refractivity contribution in [3.8, 4) is 0 Å². The van der Waals surface area contributed by atoms with Crippen molar-refractivity contribution in [1.29, 1.82) is 0 Å². The summed E-state index contributed by atoms with van der Waals surface area (Å²) >= 11 is 0. The maximum Gasteiger partial charge on any atom is 0.0995 e. The van der Waals surface area contributed by atoms with Gasteiger partial charge in [-0.25, -0.2) is 0 Å². The number of rotatable bonds is 2. The highest BCUT2D eigenvalue weighted by Crippen LogP contribution is 2.26. The lowest BCUT2D eigenvalue weighted by Crippen LogP contribution is -2.16. The summed E-state index contributed by atoms with van der Waals surface area (Å²) in [5.41, 5.74) is 7.48. The molecular weight excluding hydrogens is 168 g/mol. The molecule has 0 spiro atoms. The molecule has 13 heavy (non-hydrogen) atoms. The summed E-state index contributed by atoms with van der Waals surface area (Å²) in [6, 6.07) is 0. The molecule has 1 aromatic heterocycles. The zero-order chi connectivity index (χ0) is 9.10. The molecule has 0 saturated carbocycles. The number of nitrogens with one attached hydrogen (secondary N) is 1. The minimum Gasteiger partial charge on any atom is -0.381 e. The van der Waals surface area contributed by atoms with E-state index in [0.717, 1.165) is 37.4 Å². The molecule has 1 saturated heterocycles. The lowest BCUT2D eigenvalue weighted by atomic mass is 9.95. The molecule has 3 N–H and O–H groups in total. The van der Waals surface area contributed by atoms with Crippen molar-refractivity contribution in [1.82, 2.24) is 15.4 Å². The highest BCUT2D eigenvalue weighted by atomic mass is 16.5. The number of hydrogen-bond donors (Lipinski definition) is 2. The number of nitrogens with two attached hydrogens (primary N) is 1. The molecular formula is C8H14N4O. The molecule has 1 aliphatic rings. The number of hydrogen-bond acceptors (Lipinski definition) is 4. The summed E-state index contributed by atoms with van der Waals surface area (Å²) in [4.78, 5) is 0. The Hall–Kier alpha value is -0.940. The quantitative estimate of drug-likeness (QED) is 0.683. The van der Waals surface area contributed by atoms with Gasteiger partial charge in [-0.3, -0.25) is 0 Å². The van der Waals surface area contributed by atoms with E-state index in [9.17, 15) is 0 Å². The molecule has 5 heteroatoms. The molecule has 1 aliphatic heterocycles. The Morgan fingerprint density at radius 3 is 2.85 bits per heavy atom. The Morgan fingerprint density at radius 2 is 2.15 bits per heavy atom. The van der Waals surface area contributed by atoms with E-state index in [1.165, 1.54) is 0 Å². The molecule has 2 heterocycles. The minimum absolute atomic E-state index is 0.461. The smallest absolute Gasteiger partial charge is 0.0995 e. The van der Waals surface area contributed by atoms with Crippen molar-refractivity contribution >= 4 is 0 Å². The molecule has 0 radical (unpaired) electrons. The Labute approximate surface area is 76.7 Å². The summed E-state index contributed by atoms with van der Waals surface area (Å²) in [7, 11) is 0. The fourth-order valence-corrected chi connectivity index (χ4v) is 1.71. The molecule has 0 aromatic carbocycles. The number of aromatic amines is 1. The van der Waals surface area contributed by atoms with Crippen molar-refractivity contribution in [2.24, 2.45) is 5.73 Å². The highest BCUT2D eigenvalue weighted by Gasteiger charge is 2.21. The third-order valence-corrected chi connectivity index (χ3v) is 2.45. The average Bonchev–Trinajstić information content (AvgIpc) is 2.67. The van der Waals surface area contributed by atoms with E-state index in [1.807, 2.05) is 0 Å². The van der Waals surface area contributed by atoms with Gasteiger partial charge in [-0.05, 0) is 12.8 Å². The lowest BCUT2D eigenvalue weighted by Gasteiger charge is -2.20. The second kappa shape index (κ2) is 3.85. The van der Waals surface area contributed by atoms with Gasteiger partial charge in [0.15, 0.2) is 0 Å². The predicted octanol–water partition coefficient (Wildman–Crippen LogP) is 0.157. The van der Waals surface area contributed by atoms with Crippen LogP contribution in [0.25, 0.3) is 0 Å². The largest absolute Gasteiger partial charge is 0.381 e. The van der Waals surface area contributed by atoms with Gasteiger partial charge < -0.3 is 10.5 Å². The molecule has 2 rings (SSSR count). The van der Waals surface area contributed by atoms with Crippen LogP contribution in [0, 0.1) is 0 Å². The van der Waals surface area contributed by atoms with E-state index in [1.54, 1.807) is 0 Å². The summed E-state index contributed by atoms with van der Waals surface area (Å²) in [6.45, 7) is 2.10. The van der Waals surface area contributed by atoms with Crippen LogP contribution in [0.1, 0.15) is 30.1 Å². The van der Waals surface area contributed by atoms with Gasteiger partial charge in [0.25, 0.3) is 0 Å². The Kier molecular flexibility index (Phi) is 2.56. The van der Waals surface area contributed by atoms with E-state index in [4.69, 9.17) is 10.5 Å². The van der Waals surface area contributed by atoms with Gasteiger partial charge in [-0.2, -0.15) is 15.4 Å². The molecule has 1 fully saturated rings. The van der Waals surface area contributed by atoms with Crippen molar-refractivity contribution < 1.29 is 4.74 Å². The Morgan fingerprint density at radius 1 is 1.38 bits per heavy atom. The lowest BCUT2D eigenvalue weighted by molar-refractivity contribution is 0.0843. The van der Waals surface area contributed by atoms with Crippen LogP contribution < -0.4 is 5.73 Å². The van der Waals surface area contributed by atoms with E-state index >= 15 is 0 Å². The molecule has 0 aliphatic carbocycles. The highest BCUT2D eigenvalue weighted by molar-refractivity contribution is 5.14. The first-order valence-electron chi connectivity index (χ1n) is 4.59. The first kappa shape index (κ1) is 8.65. The van der Waals surface area contributed by atoms with Crippen LogP contribution in [-0.4, -0.2) is 28.6 Å². The molecule has 5 nitrogen and oxygen atoms in total. The topological polar surface area (TPSA) is 76.8 Å². The molecule has 0 atom stereocenters. The van der Waals surface area contributed by atoms with Crippen LogP contribution in [0.5, 0.6) is 0 Å². The zero-order valence-electron chi connectivity index (χ0n) is 7.49. The van der Waals surface area contributed by atoms with E-state index in [-0.39, 0.29) is 0 Å². The van der Waals surface area contributed by atoms with E-state index in [0.29, 0.717) is 12.5 Å². The van der Waals surface area contributed by atoms with E-state index < -0.39 is 0 Å². The van der Waals surface area contributed by atoms with Gasteiger partial charge >= 0.3 is 0 Å². The standard InChI is InChI=1S/C8H14N4O/c9-5-7-8(11-12-10-7)6-1-3-13-4-2-6/h6H,1-5,9H2,(H,10,11,12). The maximum absolute atomic E-state index is 5.55. The fraction of sp³-hybridized carbons (Fsp3) is 0.750. The van der Waals surface area contributed by atoms with Crippen LogP contribution in [0.2, 0.25) is 0 Å². The second-order valence-electron chi connectivity index (χ2n) is 3.25. The number of H-pyrrole nitrogens is 1. The summed E-state index contributed by atoms with van der Waals surface area (Å²) in [6.07, 6.45) is 2.05. The van der Waals surface area contributed by atoms with Gasteiger partial charge in [-0.1, -0.05) is 0 Å². The first-order chi connectivity index (χ1) is 6.42. The third kappa shape index (κ3) is 1.71. The normalized spacial score (nSPS) is 19.2. The molecule has 1 aromatic rings. The zero-order valence-corrected chi connectivity index (χ0v) is 7.49. The van der Waals surface area contributed by atoms with E-state index in [2.05, 4.69) is 15.4 Å². The van der Waals surface area contributed by atoms with Gasteiger partial charge in [0.2, 0.25) is 0 Å². The molecule has 0 bridgehead atoms. The van der Waals surface area contributed by atoms with Crippen LogP contribution in [0.15, 0.2) is 0 Å². The van der Waals surface area contributed by atoms with Crippen LogP contribution in [-0.2, 0) is 11.3 Å². The van der Waals surface area contributed by atoms with Crippen molar-refractivity contribution in [3.63, 3.8) is 0 Å². The number of aromatic nitrogens is 3. The fourth-order valence-electron chi connectivity index (χ4n) is 1.71. The number of nitrogens with zero attached hydrogens (tertiary/aromatic N) is 2. The van der Waals surface area contributed by atoms with Crippen LogP contribution in [0.4, 0.5) is 0 Å². The molecule has 0 unspecified atom stereocenters. The van der Waals surface area contributed by atoms with Crippen molar-refractivity contribution in [2.75, 3.05) is 13.2 Å². The molecule has 0 amide bonds. The summed E-state index contributed by atoms with van der Waals surface area (Å²) in [5.74, 6) is 0.478. The van der Waals surface area contributed by atoms with Gasteiger partial charge in [0.1, 0.15) is 0 Å². The van der Waals surface area contributed by atoms with Crippen molar-refractivity contribution in [3.05, 3.63) is 11.4 Å². The Bertz CT molecular complexity index is 267. The van der Waals surface area contributed by atoms with Gasteiger partial charge in [0.05, 0.1) is 11.4 Å². The SMILES string of the molecule is NCc1n[nH]nc1C1CCOCC1.